The summed E-state index contributed by atoms with van der Waals surface area (Å²) in [5.41, 5.74) is 6.70. The van der Waals surface area contributed by atoms with Gasteiger partial charge in [-0.05, 0) is 37.0 Å². The van der Waals surface area contributed by atoms with Gasteiger partial charge in [-0.25, -0.2) is 0 Å². The van der Waals surface area contributed by atoms with E-state index in [4.69, 9.17) is 15.2 Å². The highest BCUT2D eigenvalue weighted by molar-refractivity contribution is 14.0. The third-order valence-electron chi connectivity index (χ3n) is 3.86. The molecule has 0 aromatic heterocycles. The lowest BCUT2D eigenvalue weighted by atomic mass is 10.1. The first-order valence-electron chi connectivity index (χ1n) is 7.60. The Labute approximate surface area is 154 Å². The van der Waals surface area contributed by atoms with E-state index in [0.717, 1.165) is 25.9 Å². The average Bonchev–Trinajstić information content (AvgIpc) is 2.59. The maximum Gasteiger partial charge on any atom is 0.191 e. The van der Waals surface area contributed by atoms with E-state index in [2.05, 4.69) is 9.89 Å². The number of ether oxygens (including phenoxy) is 2. The molecule has 23 heavy (non-hydrogen) atoms. The van der Waals surface area contributed by atoms with Gasteiger partial charge in [0.25, 0.3) is 0 Å². The van der Waals surface area contributed by atoms with Crippen LogP contribution in [0.15, 0.2) is 23.2 Å². The van der Waals surface area contributed by atoms with Crippen LogP contribution in [0.2, 0.25) is 0 Å². The van der Waals surface area contributed by atoms with Crippen molar-refractivity contribution < 1.29 is 14.6 Å². The second-order valence-electron chi connectivity index (χ2n) is 5.41. The van der Waals surface area contributed by atoms with E-state index < -0.39 is 6.10 Å². The Morgan fingerprint density at radius 1 is 1.17 bits per heavy atom. The molecule has 1 aliphatic rings. The van der Waals surface area contributed by atoms with Crippen molar-refractivity contribution in [3.05, 3.63) is 23.8 Å². The van der Waals surface area contributed by atoms with Crippen molar-refractivity contribution in [1.82, 2.24) is 4.90 Å². The normalized spacial score (nSPS) is 16.5. The summed E-state index contributed by atoms with van der Waals surface area (Å²) in [4.78, 5) is 6.40. The fraction of sp³-hybridized carbons (Fsp3) is 0.562. The summed E-state index contributed by atoms with van der Waals surface area (Å²) >= 11 is 0. The van der Waals surface area contributed by atoms with Gasteiger partial charge in [0.15, 0.2) is 5.96 Å². The second kappa shape index (κ2) is 9.82. The van der Waals surface area contributed by atoms with Crippen LogP contribution in [0.4, 0.5) is 0 Å². The highest BCUT2D eigenvalue weighted by atomic mass is 127. The fourth-order valence-corrected chi connectivity index (χ4v) is 2.53. The zero-order valence-corrected chi connectivity index (χ0v) is 16.0. The summed E-state index contributed by atoms with van der Waals surface area (Å²) in [6.45, 7) is 2.11. The van der Waals surface area contributed by atoms with E-state index in [1.165, 1.54) is 6.42 Å². The fourth-order valence-electron chi connectivity index (χ4n) is 2.53. The molecule has 130 valence electrons. The van der Waals surface area contributed by atoms with E-state index in [9.17, 15) is 5.11 Å². The van der Waals surface area contributed by atoms with Crippen molar-refractivity contribution in [3.63, 3.8) is 0 Å². The quantitative estimate of drug-likeness (QED) is 0.421. The van der Waals surface area contributed by atoms with Gasteiger partial charge < -0.3 is 25.2 Å². The molecule has 0 aliphatic carbocycles. The topological polar surface area (TPSA) is 80.3 Å². The zero-order valence-electron chi connectivity index (χ0n) is 13.7. The molecule has 1 fully saturated rings. The van der Waals surface area contributed by atoms with E-state index in [0.29, 0.717) is 23.0 Å². The Bertz CT molecular complexity index is 497. The van der Waals surface area contributed by atoms with Crippen LogP contribution >= 0.6 is 24.0 Å². The lowest BCUT2D eigenvalue weighted by molar-refractivity contribution is 0.185. The Hall–Kier alpha value is -1.22. The summed E-state index contributed by atoms with van der Waals surface area (Å²) in [5, 5.41) is 10.3. The Balaban J connectivity index is 0.00000264. The lowest BCUT2D eigenvalue weighted by Gasteiger charge is -2.27. The summed E-state index contributed by atoms with van der Waals surface area (Å²) in [7, 11) is 3.16. The van der Waals surface area contributed by atoms with Crippen molar-refractivity contribution in [3.8, 4) is 11.5 Å². The summed E-state index contributed by atoms with van der Waals surface area (Å²) < 4.78 is 10.4. The minimum Gasteiger partial charge on any atom is -0.497 e. The smallest absolute Gasteiger partial charge is 0.191 e. The number of aliphatic imine (C=N–C) groups is 1. The number of guanidine groups is 1. The molecule has 1 atom stereocenters. The molecule has 1 aromatic rings. The molecule has 0 radical (unpaired) electrons. The Morgan fingerprint density at radius 2 is 1.74 bits per heavy atom. The van der Waals surface area contributed by atoms with E-state index in [1.807, 2.05) is 0 Å². The second-order valence-corrected chi connectivity index (χ2v) is 5.41. The molecular formula is C16H26IN3O3. The van der Waals surface area contributed by atoms with Crippen LogP contribution in [0.25, 0.3) is 0 Å². The summed E-state index contributed by atoms with van der Waals surface area (Å²) in [6.07, 6.45) is 2.79. The number of benzene rings is 1. The molecule has 0 bridgehead atoms. The first kappa shape index (κ1) is 19.8. The molecule has 0 amide bonds. The van der Waals surface area contributed by atoms with Gasteiger partial charge in [-0.3, -0.25) is 4.99 Å². The number of rotatable bonds is 5. The summed E-state index contributed by atoms with van der Waals surface area (Å²) in [6, 6.07) is 5.32. The molecule has 0 spiro atoms. The van der Waals surface area contributed by atoms with Gasteiger partial charge in [-0.15, -0.1) is 24.0 Å². The van der Waals surface area contributed by atoms with Gasteiger partial charge in [0.05, 0.1) is 26.9 Å². The Kier molecular flexibility index (Phi) is 8.46. The molecule has 1 heterocycles. The number of nitrogens with zero attached hydrogens (tertiary/aromatic N) is 2. The molecule has 6 nitrogen and oxygen atoms in total. The van der Waals surface area contributed by atoms with E-state index in [-0.39, 0.29) is 30.5 Å². The molecule has 1 aromatic carbocycles. The monoisotopic (exact) mass is 435 g/mol. The number of aliphatic hydroxyl groups is 1. The standard InChI is InChI=1S/C16H25N3O3.HI/c1-21-13-8-12(9-14(10-13)22-2)15(20)11-18-16(17)19-6-4-3-5-7-19;/h8-10,15,20H,3-7,11H2,1-2H3,(H2,17,18);1H. The number of aliphatic hydroxyl groups excluding tert-OH is 1. The first-order valence-corrected chi connectivity index (χ1v) is 7.60. The average molecular weight is 435 g/mol. The highest BCUT2D eigenvalue weighted by Gasteiger charge is 2.14. The highest BCUT2D eigenvalue weighted by Crippen LogP contribution is 2.26. The predicted octanol–water partition coefficient (Wildman–Crippen LogP) is 2.16. The minimum atomic E-state index is -0.743. The maximum absolute atomic E-state index is 10.3. The third kappa shape index (κ3) is 5.72. The van der Waals surface area contributed by atoms with Gasteiger partial charge in [-0.1, -0.05) is 0 Å². The first-order chi connectivity index (χ1) is 10.6. The van der Waals surface area contributed by atoms with E-state index >= 15 is 0 Å². The minimum absolute atomic E-state index is 0. The van der Waals surface area contributed by atoms with Crippen molar-refractivity contribution in [2.45, 2.75) is 25.4 Å². The summed E-state index contributed by atoms with van der Waals surface area (Å²) in [5.74, 6) is 1.79. The van der Waals surface area contributed by atoms with Crippen molar-refractivity contribution in [2.24, 2.45) is 10.7 Å². The van der Waals surface area contributed by atoms with Crippen LogP contribution < -0.4 is 15.2 Å². The van der Waals surface area contributed by atoms with Crippen LogP contribution in [0.5, 0.6) is 11.5 Å². The number of methoxy groups -OCH3 is 2. The molecule has 0 saturated carbocycles. The molecule has 1 aliphatic heterocycles. The molecule has 1 saturated heterocycles. The van der Waals surface area contributed by atoms with E-state index in [1.54, 1.807) is 32.4 Å². The maximum atomic E-state index is 10.3. The molecule has 2 rings (SSSR count). The van der Waals surface area contributed by atoms with Gasteiger partial charge in [0.1, 0.15) is 11.5 Å². The molecular weight excluding hydrogens is 409 g/mol. The van der Waals surface area contributed by atoms with Crippen LogP contribution in [0, 0.1) is 0 Å². The van der Waals surface area contributed by atoms with Crippen LogP contribution in [0.1, 0.15) is 30.9 Å². The third-order valence-corrected chi connectivity index (χ3v) is 3.86. The van der Waals surface area contributed by atoms with Crippen molar-refractivity contribution in [2.75, 3.05) is 33.9 Å². The van der Waals surface area contributed by atoms with Gasteiger partial charge in [0, 0.05) is 19.2 Å². The number of nitrogens with two attached hydrogens (primary N) is 1. The SMILES string of the molecule is COc1cc(OC)cc(C(O)CN=C(N)N2CCCCC2)c1.I. The van der Waals surface area contributed by atoms with Crippen molar-refractivity contribution in [1.29, 1.82) is 0 Å². The Morgan fingerprint density at radius 3 is 2.26 bits per heavy atom. The number of likely N-dealkylation sites (tertiary alicyclic amines) is 1. The molecule has 7 heteroatoms. The largest absolute Gasteiger partial charge is 0.497 e. The van der Waals surface area contributed by atoms with Gasteiger partial charge in [-0.2, -0.15) is 0 Å². The zero-order chi connectivity index (χ0) is 15.9. The van der Waals surface area contributed by atoms with Gasteiger partial charge >= 0.3 is 0 Å². The van der Waals surface area contributed by atoms with Crippen LogP contribution in [0.3, 0.4) is 0 Å². The molecule has 3 N–H and O–H groups in total. The number of hydrogen-bond acceptors (Lipinski definition) is 4. The predicted molar refractivity (Wildman–Crippen MR) is 102 cm³/mol. The van der Waals surface area contributed by atoms with Crippen LogP contribution in [-0.4, -0.2) is 49.8 Å². The van der Waals surface area contributed by atoms with Crippen molar-refractivity contribution >= 4 is 29.9 Å². The van der Waals surface area contributed by atoms with Crippen LogP contribution in [-0.2, 0) is 0 Å². The number of piperidine rings is 1. The van der Waals surface area contributed by atoms with Gasteiger partial charge in [0.2, 0.25) is 0 Å². The number of halogens is 1. The lowest BCUT2D eigenvalue weighted by Crippen LogP contribution is -2.41. The number of hydrogen-bond donors (Lipinski definition) is 2. The molecule has 1 unspecified atom stereocenters.